The van der Waals surface area contributed by atoms with Crippen molar-refractivity contribution in [2.45, 2.75) is 33.2 Å². The summed E-state index contributed by atoms with van der Waals surface area (Å²) in [5.74, 6) is 1.08. The molecule has 1 saturated heterocycles. The summed E-state index contributed by atoms with van der Waals surface area (Å²) in [7, 11) is 1.70. The molecule has 1 unspecified atom stereocenters. The van der Waals surface area contributed by atoms with Crippen molar-refractivity contribution in [1.29, 1.82) is 0 Å². The van der Waals surface area contributed by atoms with Gasteiger partial charge in [-0.15, -0.1) is 24.0 Å². The van der Waals surface area contributed by atoms with Crippen LogP contribution in [0.1, 0.15) is 37.9 Å². The summed E-state index contributed by atoms with van der Waals surface area (Å²) in [4.78, 5) is 28.5. The van der Waals surface area contributed by atoms with E-state index in [0.717, 1.165) is 6.42 Å². The number of benzene rings is 1. The fourth-order valence-corrected chi connectivity index (χ4v) is 2.86. The Morgan fingerprint density at radius 2 is 1.89 bits per heavy atom. The molecule has 0 aromatic heterocycles. The highest BCUT2D eigenvalue weighted by molar-refractivity contribution is 14.0. The van der Waals surface area contributed by atoms with Crippen molar-refractivity contribution in [1.82, 2.24) is 20.9 Å². The third-order valence-corrected chi connectivity index (χ3v) is 4.27. The maximum absolute atomic E-state index is 11.6. The Hall–Kier alpha value is -1.84. The lowest BCUT2D eigenvalue weighted by molar-refractivity contribution is -0.124. The molecule has 0 spiro atoms. The van der Waals surface area contributed by atoms with Gasteiger partial charge in [-0.1, -0.05) is 38.1 Å². The van der Waals surface area contributed by atoms with Gasteiger partial charge >= 0.3 is 6.03 Å². The number of guanidine groups is 1. The van der Waals surface area contributed by atoms with Crippen LogP contribution in [0, 0.1) is 5.92 Å². The first-order valence-corrected chi connectivity index (χ1v) is 9.05. The Balaban J connectivity index is 0.00000364. The molecule has 1 aliphatic rings. The van der Waals surface area contributed by atoms with Gasteiger partial charge in [0.1, 0.15) is 0 Å². The first-order chi connectivity index (χ1) is 12.4. The molecule has 0 bridgehead atoms. The lowest BCUT2D eigenvalue weighted by Gasteiger charge is -2.20. The zero-order chi connectivity index (χ0) is 19.1. The summed E-state index contributed by atoms with van der Waals surface area (Å²) in [6.45, 7) is 7.33. The Bertz CT molecular complexity index is 645. The molecule has 2 rings (SSSR count). The number of nitrogens with one attached hydrogen (secondary N) is 3. The molecule has 1 atom stereocenters. The predicted molar refractivity (Wildman–Crippen MR) is 118 cm³/mol. The summed E-state index contributed by atoms with van der Waals surface area (Å²) in [6, 6.07) is 8.36. The van der Waals surface area contributed by atoms with Crippen molar-refractivity contribution in [2.24, 2.45) is 10.9 Å². The van der Waals surface area contributed by atoms with Gasteiger partial charge in [0.15, 0.2) is 5.96 Å². The minimum absolute atomic E-state index is 0. The monoisotopic (exact) mass is 487 g/mol. The van der Waals surface area contributed by atoms with E-state index in [1.165, 1.54) is 16.0 Å². The molecule has 8 heteroatoms. The van der Waals surface area contributed by atoms with Crippen LogP contribution in [0.2, 0.25) is 0 Å². The van der Waals surface area contributed by atoms with Gasteiger partial charge in [-0.25, -0.2) is 4.79 Å². The third-order valence-electron chi connectivity index (χ3n) is 4.27. The van der Waals surface area contributed by atoms with E-state index < -0.39 is 0 Å². The SMILES string of the molecule is CN=C(NCCN1C(=O)CNC1=O)NC(C)c1ccc(CC(C)C)cc1.I. The molecule has 0 saturated carbocycles. The summed E-state index contributed by atoms with van der Waals surface area (Å²) in [5, 5.41) is 8.97. The van der Waals surface area contributed by atoms with Crippen LogP contribution in [0.5, 0.6) is 0 Å². The second-order valence-corrected chi connectivity index (χ2v) is 6.91. The van der Waals surface area contributed by atoms with E-state index in [2.05, 4.69) is 66.0 Å². The molecule has 7 nitrogen and oxygen atoms in total. The van der Waals surface area contributed by atoms with Crippen LogP contribution in [0.25, 0.3) is 0 Å². The van der Waals surface area contributed by atoms with Crippen molar-refractivity contribution in [2.75, 3.05) is 26.7 Å². The van der Waals surface area contributed by atoms with E-state index in [-0.39, 0.29) is 48.5 Å². The van der Waals surface area contributed by atoms with Gasteiger partial charge in [0.25, 0.3) is 0 Å². The molecule has 1 aromatic carbocycles. The highest BCUT2D eigenvalue weighted by Gasteiger charge is 2.27. The molecule has 1 aliphatic heterocycles. The average molecular weight is 487 g/mol. The topological polar surface area (TPSA) is 85.8 Å². The smallest absolute Gasteiger partial charge is 0.324 e. The van der Waals surface area contributed by atoms with Crippen molar-refractivity contribution < 1.29 is 9.59 Å². The van der Waals surface area contributed by atoms with Crippen LogP contribution < -0.4 is 16.0 Å². The van der Waals surface area contributed by atoms with Gasteiger partial charge in [-0.05, 0) is 30.4 Å². The Morgan fingerprint density at radius 3 is 2.41 bits per heavy atom. The largest absolute Gasteiger partial charge is 0.355 e. The normalized spacial score (nSPS) is 15.4. The summed E-state index contributed by atoms with van der Waals surface area (Å²) < 4.78 is 0. The quantitative estimate of drug-likeness (QED) is 0.239. The van der Waals surface area contributed by atoms with Gasteiger partial charge in [-0.3, -0.25) is 14.7 Å². The van der Waals surface area contributed by atoms with E-state index in [4.69, 9.17) is 0 Å². The number of rotatable bonds is 7. The number of nitrogens with zero attached hydrogens (tertiary/aromatic N) is 2. The molecule has 1 heterocycles. The molecule has 1 fully saturated rings. The second-order valence-electron chi connectivity index (χ2n) is 6.91. The van der Waals surface area contributed by atoms with Gasteiger partial charge in [0.2, 0.25) is 5.91 Å². The van der Waals surface area contributed by atoms with Crippen LogP contribution in [-0.2, 0) is 11.2 Å². The van der Waals surface area contributed by atoms with Gasteiger partial charge in [0.05, 0.1) is 12.6 Å². The molecule has 1 aromatic rings. The molecule has 150 valence electrons. The molecular weight excluding hydrogens is 457 g/mol. The first kappa shape index (κ1) is 23.2. The van der Waals surface area contributed by atoms with E-state index in [9.17, 15) is 9.59 Å². The summed E-state index contributed by atoms with van der Waals surface area (Å²) in [5.41, 5.74) is 2.52. The van der Waals surface area contributed by atoms with Crippen LogP contribution in [0.3, 0.4) is 0 Å². The van der Waals surface area contributed by atoms with Crippen LogP contribution >= 0.6 is 24.0 Å². The van der Waals surface area contributed by atoms with Crippen molar-refractivity contribution >= 4 is 41.9 Å². The van der Waals surface area contributed by atoms with Gasteiger partial charge in [-0.2, -0.15) is 0 Å². The van der Waals surface area contributed by atoms with E-state index in [1.54, 1.807) is 7.05 Å². The lowest BCUT2D eigenvalue weighted by atomic mass is 10.00. The fourth-order valence-electron chi connectivity index (χ4n) is 2.86. The zero-order valence-corrected chi connectivity index (χ0v) is 18.7. The molecule has 27 heavy (non-hydrogen) atoms. The number of carbonyl (C=O) groups excluding carboxylic acids is 2. The minimum Gasteiger partial charge on any atom is -0.355 e. The number of imide groups is 1. The predicted octanol–water partition coefficient (Wildman–Crippen LogP) is 2.28. The molecule has 3 amide bonds. The number of amides is 3. The van der Waals surface area contributed by atoms with Crippen molar-refractivity contribution in [3.05, 3.63) is 35.4 Å². The number of halogens is 1. The molecule has 3 N–H and O–H groups in total. The first-order valence-electron chi connectivity index (χ1n) is 9.05. The molecule has 0 radical (unpaired) electrons. The Morgan fingerprint density at radius 1 is 1.22 bits per heavy atom. The van der Waals surface area contributed by atoms with E-state index in [1.807, 2.05) is 0 Å². The number of hydrogen-bond donors (Lipinski definition) is 3. The number of carbonyl (C=O) groups is 2. The number of urea groups is 1. The van der Waals surface area contributed by atoms with Crippen LogP contribution in [0.15, 0.2) is 29.3 Å². The van der Waals surface area contributed by atoms with Crippen molar-refractivity contribution in [3.8, 4) is 0 Å². The number of aliphatic imine (C=N–C) groups is 1. The van der Waals surface area contributed by atoms with Crippen LogP contribution in [-0.4, -0.2) is 49.5 Å². The number of hydrogen-bond acceptors (Lipinski definition) is 3. The standard InChI is InChI=1S/C19H29N5O2.HI/c1-13(2)11-15-5-7-16(8-6-15)14(3)23-18(20-4)21-9-10-24-17(25)12-22-19(24)26;/h5-8,13-14H,9-12H2,1-4H3,(H,22,26)(H2,20,21,23);1H. The van der Waals surface area contributed by atoms with Gasteiger partial charge in [0, 0.05) is 20.1 Å². The van der Waals surface area contributed by atoms with E-state index >= 15 is 0 Å². The highest BCUT2D eigenvalue weighted by atomic mass is 127. The Labute approximate surface area is 178 Å². The van der Waals surface area contributed by atoms with E-state index in [0.29, 0.717) is 25.0 Å². The fraction of sp³-hybridized carbons (Fsp3) is 0.526. The second kappa shape index (κ2) is 11.1. The summed E-state index contributed by atoms with van der Waals surface area (Å²) >= 11 is 0. The Kier molecular flexibility index (Phi) is 9.54. The highest BCUT2D eigenvalue weighted by Crippen LogP contribution is 2.15. The lowest BCUT2D eigenvalue weighted by Crippen LogP contribution is -2.43. The van der Waals surface area contributed by atoms with Crippen LogP contribution in [0.4, 0.5) is 4.79 Å². The molecular formula is C19H30IN5O2. The average Bonchev–Trinajstić information content (AvgIpc) is 2.92. The maximum Gasteiger partial charge on any atom is 0.324 e. The van der Waals surface area contributed by atoms with Gasteiger partial charge < -0.3 is 16.0 Å². The maximum atomic E-state index is 11.6. The zero-order valence-electron chi connectivity index (χ0n) is 16.4. The minimum atomic E-state index is -0.338. The van der Waals surface area contributed by atoms with Crippen molar-refractivity contribution in [3.63, 3.8) is 0 Å². The molecule has 0 aliphatic carbocycles. The summed E-state index contributed by atoms with van der Waals surface area (Å²) in [6.07, 6.45) is 1.08. The third kappa shape index (κ3) is 7.00.